The Balaban J connectivity index is 1.58. The van der Waals surface area contributed by atoms with Gasteiger partial charge in [-0.25, -0.2) is 0 Å². The average Bonchev–Trinajstić information content (AvgIpc) is 3.24. The highest BCUT2D eigenvalue weighted by Gasteiger charge is 2.13. The van der Waals surface area contributed by atoms with Gasteiger partial charge < -0.3 is 14.8 Å². The van der Waals surface area contributed by atoms with Gasteiger partial charge in [0, 0.05) is 19.2 Å². The molecule has 1 aliphatic heterocycles. The summed E-state index contributed by atoms with van der Waals surface area (Å²) in [6, 6.07) is 13.9. The van der Waals surface area contributed by atoms with Crippen molar-refractivity contribution in [1.82, 2.24) is 10.2 Å². The van der Waals surface area contributed by atoms with E-state index in [2.05, 4.69) is 28.4 Å². The molecule has 0 atom stereocenters. The number of carbonyl (C=O) groups excluding carboxylic acids is 1. The summed E-state index contributed by atoms with van der Waals surface area (Å²) in [6.45, 7) is 3.80. The molecule has 0 spiro atoms. The lowest BCUT2D eigenvalue weighted by molar-refractivity contribution is -0.116. The highest BCUT2D eigenvalue weighted by Crippen LogP contribution is 2.27. The molecule has 0 bridgehead atoms. The highest BCUT2D eigenvalue weighted by atomic mass is 16.5. The number of ether oxygens (including phenoxy) is 2. The van der Waals surface area contributed by atoms with Crippen LogP contribution < -0.4 is 14.8 Å². The molecule has 0 radical (unpaired) electrons. The lowest BCUT2D eigenvalue weighted by Gasteiger charge is -2.17. The Morgan fingerprint density at radius 3 is 2.46 bits per heavy atom. The normalized spacial score (nSPS) is 14.4. The van der Waals surface area contributed by atoms with Crippen LogP contribution in [-0.4, -0.2) is 38.1 Å². The van der Waals surface area contributed by atoms with Gasteiger partial charge in [0.15, 0.2) is 11.5 Å². The average molecular weight is 380 g/mol. The maximum absolute atomic E-state index is 12.3. The molecule has 2 aromatic rings. The smallest absolute Gasteiger partial charge is 0.244 e. The van der Waals surface area contributed by atoms with E-state index in [-0.39, 0.29) is 5.91 Å². The fraction of sp³-hybridized carbons (Fsp3) is 0.348. The number of benzene rings is 2. The molecule has 0 aromatic heterocycles. The number of carbonyl (C=O) groups is 1. The number of rotatable bonds is 8. The Bertz CT molecular complexity index is 826. The molecule has 0 aliphatic carbocycles. The molecule has 5 nitrogen and oxygen atoms in total. The van der Waals surface area contributed by atoms with Gasteiger partial charge in [-0.05, 0) is 60.8 Å². The van der Waals surface area contributed by atoms with Gasteiger partial charge in [-0.3, -0.25) is 9.69 Å². The van der Waals surface area contributed by atoms with Crippen LogP contribution in [0.15, 0.2) is 48.5 Å². The maximum Gasteiger partial charge on any atom is 0.244 e. The van der Waals surface area contributed by atoms with E-state index in [1.165, 1.54) is 24.0 Å². The first-order chi connectivity index (χ1) is 13.7. The molecular weight excluding hydrogens is 352 g/mol. The summed E-state index contributed by atoms with van der Waals surface area (Å²) in [5, 5.41) is 2.99. The number of amides is 1. The Morgan fingerprint density at radius 2 is 1.75 bits per heavy atom. The molecule has 1 N–H and O–H groups in total. The van der Waals surface area contributed by atoms with Crippen LogP contribution >= 0.6 is 0 Å². The van der Waals surface area contributed by atoms with Crippen molar-refractivity contribution in [3.8, 4) is 11.5 Å². The molecule has 1 heterocycles. The van der Waals surface area contributed by atoms with Crippen LogP contribution in [-0.2, 0) is 17.9 Å². The van der Waals surface area contributed by atoms with Crippen molar-refractivity contribution in [1.29, 1.82) is 0 Å². The van der Waals surface area contributed by atoms with Crippen LogP contribution in [0.5, 0.6) is 11.5 Å². The second-order valence-electron chi connectivity index (χ2n) is 6.92. The third-order valence-electron chi connectivity index (χ3n) is 5.00. The standard InChI is InChI=1S/C23H28N2O3/c1-27-21-11-9-18(15-22(21)28-2)10-12-23(26)24-16-19-7-3-4-8-20(19)17-25-13-5-6-14-25/h3-4,7-12,15H,5-6,13-14,16-17H2,1-2H3,(H,24,26)/b12-10+. The molecule has 1 amide bonds. The van der Waals surface area contributed by atoms with Gasteiger partial charge >= 0.3 is 0 Å². The molecule has 3 rings (SSSR count). The quantitative estimate of drug-likeness (QED) is 0.711. The minimum atomic E-state index is -0.120. The summed E-state index contributed by atoms with van der Waals surface area (Å²) in [7, 11) is 3.19. The number of hydrogen-bond donors (Lipinski definition) is 1. The summed E-state index contributed by atoms with van der Waals surface area (Å²) >= 11 is 0. The van der Waals surface area contributed by atoms with Gasteiger partial charge in [-0.15, -0.1) is 0 Å². The Labute approximate surface area is 167 Å². The zero-order chi connectivity index (χ0) is 19.8. The second-order valence-corrected chi connectivity index (χ2v) is 6.92. The molecule has 5 heteroatoms. The lowest BCUT2D eigenvalue weighted by Crippen LogP contribution is -2.23. The van der Waals surface area contributed by atoms with Gasteiger partial charge in [0.2, 0.25) is 5.91 Å². The fourth-order valence-corrected chi connectivity index (χ4v) is 3.44. The molecule has 0 unspecified atom stereocenters. The largest absolute Gasteiger partial charge is 0.493 e. The second kappa shape index (κ2) is 9.95. The van der Waals surface area contributed by atoms with E-state index < -0.39 is 0 Å². The predicted octanol–water partition coefficient (Wildman–Crippen LogP) is 3.63. The summed E-state index contributed by atoms with van der Waals surface area (Å²) in [4.78, 5) is 14.7. The van der Waals surface area contributed by atoms with Crippen molar-refractivity contribution < 1.29 is 14.3 Å². The number of likely N-dealkylation sites (tertiary alicyclic amines) is 1. The van der Waals surface area contributed by atoms with Gasteiger partial charge in [-0.1, -0.05) is 30.3 Å². The first kappa shape index (κ1) is 20.0. The van der Waals surface area contributed by atoms with Crippen LogP contribution in [0.2, 0.25) is 0 Å². The Morgan fingerprint density at radius 1 is 1.04 bits per heavy atom. The van der Waals surface area contributed by atoms with Crippen LogP contribution in [0.25, 0.3) is 6.08 Å². The van der Waals surface area contributed by atoms with Gasteiger partial charge in [0.25, 0.3) is 0 Å². The van der Waals surface area contributed by atoms with E-state index in [0.29, 0.717) is 18.0 Å². The SMILES string of the molecule is COc1ccc(/C=C/C(=O)NCc2ccccc2CN2CCCC2)cc1OC. The highest BCUT2D eigenvalue weighted by molar-refractivity contribution is 5.91. The lowest BCUT2D eigenvalue weighted by atomic mass is 10.1. The minimum absolute atomic E-state index is 0.120. The van der Waals surface area contributed by atoms with E-state index in [1.54, 1.807) is 26.4 Å². The maximum atomic E-state index is 12.3. The summed E-state index contributed by atoms with van der Waals surface area (Å²) < 4.78 is 10.5. The molecule has 148 valence electrons. The van der Waals surface area contributed by atoms with E-state index in [0.717, 1.165) is 25.2 Å². The number of nitrogens with zero attached hydrogens (tertiary/aromatic N) is 1. The van der Waals surface area contributed by atoms with Crippen molar-refractivity contribution in [3.63, 3.8) is 0 Å². The third kappa shape index (κ3) is 5.36. The van der Waals surface area contributed by atoms with Gasteiger partial charge in [0.05, 0.1) is 14.2 Å². The van der Waals surface area contributed by atoms with Crippen molar-refractivity contribution >= 4 is 12.0 Å². The number of nitrogens with one attached hydrogen (secondary N) is 1. The molecule has 1 saturated heterocycles. The third-order valence-corrected chi connectivity index (χ3v) is 5.00. The van der Waals surface area contributed by atoms with Crippen molar-refractivity contribution in [3.05, 3.63) is 65.2 Å². The fourth-order valence-electron chi connectivity index (χ4n) is 3.44. The zero-order valence-electron chi connectivity index (χ0n) is 16.6. The molecule has 0 saturated carbocycles. The predicted molar refractivity (Wildman–Crippen MR) is 111 cm³/mol. The molecule has 1 fully saturated rings. The zero-order valence-corrected chi connectivity index (χ0v) is 16.6. The van der Waals surface area contributed by atoms with Crippen LogP contribution in [0, 0.1) is 0 Å². The summed E-state index contributed by atoms with van der Waals surface area (Å²) in [5.74, 6) is 1.19. The Kier molecular flexibility index (Phi) is 7.09. The van der Waals surface area contributed by atoms with Crippen LogP contribution in [0.4, 0.5) is 0 Å². The van der Waals surface area contributed by atoms with E-state index in [4.69, 9.17) is 9.47 Å². The van der Waals surface area contributed by atoms with Crippen molar-refractivity contribution in [2.75, 3.05) is 27.3 Å². The molecule has 1 aliphatic rings. The first-order valence-electron chi connectivity index (χ1n) is 9.66. The monoisotopic (exact) mass is 380 g/mol. The number of methoxy groups -OCH3 is 2. The molecular formula is C23H28N2O3. The van der Waals surface area contributed by atoms with Crippen molar-refractivity contribution in [2.45, 2.75) is 25.9 Å². The van der Waals surface area contributed by atoms with Gasteiger partial charge in [0.1, 0.15) is 0 Å². The number of hydrogen-bond acceptors (Lipinski definition) is 4. The summed E-state index contributed by atoms with van der Waals surface area (Å²) in [5.41, 5.74) is 3.33. The molecule has 28 heavy (non-hydrogen) atoms. The molecule has 2 aromatic carbocycles. The topological polar surface area (TPSA) is 50.8 Å². The van der Waals surface area contributed by atoms with Gasteiger partial charge in [-0.2, -0.15) is 0 Å². The first-order valence-corrected chi connectivity index (χ1v) is 9.66. The van der Waals surface area contributed by atoms with E-state index in [1.807, 2.05) is 24.3 Å². The van der Waals surface area contributed by atoms with E-state index >= 15 is 0 Å². The summed E-state index contributed by atoms with van der Waals surface area (Å²) in [6.07, 6.45) is 5.87. The Hall–Kier alpha value is -2.79. The van der Waals surface area contributed by atoms with Crippen LogP contribution in [0.1, 0.15) is 29.5 Å². The van der Waals surface area contributed by atoms with Crippen LogP contribution in [0.3, 0.4) is 0 Å². The van der Waals surface area contributed by atoms with Crippen molar-refractivity contribution in [2.24, 2.45) is 0 Å². The minimum Gasteiger partial charge on any atom is -0.493 e. The van der Waals surface area contributed by atoms with E-state index in [9.17, 15) is 4.79 Å².